The fraction of sp³-hybridized carbons (Fsp3) is 0.571. The second-order valence-electron chi connectivity index (χ2n) is 3.48. The molecule has 2 heterocycles. The standard InChI is InChI=1S/C7H10BF3N3/c9-8(10,11)6-13-3-4-14-2-1-12-7(14)5-13/h1-2H,3-6H2/q-1. The Morgan fingerprint density at radius 2 is 2.14 bits per heavy atom. The van der Waals surface area contributed by atoms with Gasteiger partial charge in [-0.15, -0.1) is 0 Å². The molecule has 14 heavy (non-hydrogen) atoms. The number of hydrogen-bond donors (Lipinski definition) is 0. The fourth-order valence-corrected chi connectivity index (χ4v) is 1.67. The van der Waals surface area contributed by atoms with E-state index in [-0.39, 0.29) is 0 Å². The molecule has 3 nitrogen and oxygen atoms in total. The zero-order valence-electron chi connectivity index (χ0n) is 7.54. The van der Waals surface area contributed by atoms with Crippen molar-refractivity contribution < 1.29 is 12.9 Å². The van der Waals surface area contributed by atoms with Crippen molar-refractivity contribution in [1.82, 2.24) is 14.5 Å². The van der Waals surface area contributed by atoms with Gasteiger partial charge in [0.05, 0.1) is 6.54 Å². The minimum absolute atomic E-state index is 0.300. The highest BCUT2D eigenvalue weighted by atomic mass is 19.4. The molecule has 0 radical (unpaired) electrons. The van der Waals surface area contributed by atoms with Gasteiger partial charge in [-0.3, -0.25) is 0 Å². The van der Waals surface area contributed by atoms with E-state index in [1.807, 2.05) is 4.57 Å². The monoisotopic (exact) mass is 204 g/mol. The van der Waals surface area contributed by atoms with E-state index in [2.05, 4.69) is 4.98 Å². The van der Waals surface area contributed by atoms with E-state index in [1.54, 1.807) is 12.4 Å². The number of imidazole rings is 1. The molecule has 2 rings (SSSR count). The van der Waals surface area contributed by atoms with Crippen LogP contribution in [0.5, 0.6) is 0 Å². The lowest BCUT2D eigenvalue weighted by atomic mass is 9.91. The molecular formula is C7H10BF3N3-. The summed E-state index contributed by atoms with van der Waals surface area (Å²) in [5, 5.41) is 0. The van der Waals surface area contributed by atoms with Crippen molar-refractivity contribution in [3.05, 3.63) is 18.2 Å². The predicted molar refractivity (Wildman–Crippen MR) is 46.6 cm³/mol. The molecule has 7 heteroatoms. The Morgan fingerprint density at radius 3 is 2.86 bits per heavy atom. The molecule has 0 bridgehead atoms. The van der Waals surface area contributed by atoms with Gasteiger partial charge in [-0.1, -0.05) is 0 Å². The molecule has 0 aromatic carbocycles. The molecule has 0 unspecified atom stereocenters. The first-order valence-corrected chi connectivity index (χ1v) is 4.48. The Labute approximate surface area is 79.6 Å². The minimum Gasteiger partial charge on any atom is -0.448 e. The van der Waals surface area contributed by atoms with E-state index in [1.165, 1.54) is 4.90 Å². The number of rotatable bonds is 2. The largest absolute Gasteiger partial charge is 0.492 e. The third kappa shape index (κ3) is 2.09. The Balaban J connectivity index is 2.01. The molecule has 0 saturated heterocycles. The first-order valence-electron chi connectivity index (χ1n) is 4.48. The Kier molecular flexibility index (Phi) is 2.26. The molecule has 0 atom stereocenters. The topological polar surface area (TPSA) is 21.1 Å². The number of nitrogens with zero attached hydrogens (tertiary/aromatic N) is 3. The van der Waals surface area contributed by atoms with Gasteiger partial charge in [0.15, 0.2) is 0 Å². The summed E-state index contributed by atoms with van der Waals surface area (Å²) in [6, 6.07) is 0. The first-order chi connectivity index (χ1) is 6.54. The maximum atomic E-state index is 12.1. The molecule has 0 saturated carbocycles. The van der Waals surface area contributed by atoms with Gasteiger partial charge in [0.25, 0.3) is 0 Å². The van der Waals surface area contributed by atoms with E-state index in [4.69, 9.17) is 0 Å². The van der Waals surface area contributed by atoms with Crippen LogP contribution in [0.3, 0.4) is 0 Å². The van der Waals surface area contributed by atoms with E-state index >= 15 is 0 Å². The molecule has 0 N–H and O–H groups in total. The highest BCUT2D eigenvalue weighted by Crippen LogP contribution is 2.15. The maximum absolute atomic E-state index is 12.1. The maximum Gasteiger partial charge on any atom is 0.492 e. The van der Waals surface area contributed by atoms with Crippen molar-refractivity contribution in [2.45, 2.75) is 13.1 Å². The van der Waals surface area contributed by atoms with Gasteiger partial charge in [0, 0.05) is 25.5 Å². The second-order valence-corrected chi connectivity index (χ2v) is 3.48. The summed E-state index contributed by atoms with van der Waals surface area (Å²) in [5.41, 5.74) is 0. The van der Waals surface area contributed by atoms with Crippen molar-refractivity contribution in [2.75, 3.05) is 13.0 Å². The molecular weight excluding hydrogens is 194 g/mol. The summed E-state index contributed by atoms with van der Waals surface area (Å²) >= 11 is 0. The molecule has 0 fully saturated rings. The van der Waals surface area contributed by atoms with Crippen LogP contribution in [-0.2, 0) is 13.1 Å². The van der Waals surface area contributed by atoms with E-state index in [9.17, 15) is 12.9 Å². The van der Waals surface area contributed by atoms with Gasteiger partial charge in [0.1, 0.15) is 5.82 Å². The average Bonchev–Trinajstić information content (AvgIpc) is 2.47. The molecule has 1 aliphatic rings. The van der Waals surface area contributed by atoms with Crippen LogP contribution in [0.1, 0.15) is 5.82 Å². The number of hydrogen-bond acceptors (Lipinski definition) is 2. The Bertz CT molecular complexity index is 322. The van der Waals surface area contributed by atoms with E-state index in [0.717, 1.165) is 5.82 Å². The van der Waals surface area contributed by atoms with Crippen LogP contribution in [0.25, 0.3) is 0 Å². The predicted octanol–water partition coefficient (Wildman–Crippen LogP) is 1.09. The quantitative estimate of drug-likeness (QED) is 0.672. The highest BCUT2D eigenvalue weighted by Gasteiger charge is 2.28. The molecule has 1 aromatic heterocycles. The number of halogens is 3. The van der Waals surface area contributed by atoms with Crippen LogP contribution in [0.4, 0.5) is 12.9 Å². The van der Waals surface area contributed by atoms with Crippen molar-refractivity contribution in [2.24, 2.45) is 0 Å². The van der Waals surface area contributed by atoms with Gasteiger partial charge in [-0.05, 0) is 6.44 Å². The van der Waals surface area contributed by atoms with Crippen LogP contribution in [0.2, 0.25) is 0 Å². The van der Waals surface area contributed by atoms with Crippen LogP contribution in [0.15, 0.2) is 12.4 Å². The Hall–Kier alpha value is -0.975. The van der Waals surface area contributed by atoms with Crippen LogP contribution < -0.4 is 0 Å². The third-order valence-corrected chi connectivity index (χ3v) is 2.29. The third-order valence-electron chi connectivity index (χ3n) is 2.29. The van der Waals surface area contributed by atoms with Crippen LogP contribution in [0, 0.1) is 0 Å². The lowest BCUT2D eigenvalue weighted by Crippen LogP contribution is -2.42. The molecule has 0 amide bonds. The van der Waals surface area contributed by atoms with Gasteiger partial charge in [-0.2, -0.15) is 0 Å². The molecule has 1 aliphatic heterocycles. The van der Waals surface area contributed by atoms with Crippen LogP contribution in [-0.4, -0.2) is 34.4 Å². The van der Waals surface area contributed by atoms with Crippen molar-refractivity contribution in [3.8, 4) is 0 Å². The van der Waals surface area contributed by atoms with Gasteiger partial charge in [0.2, 0.25) is 0 Å². The summed E-state index contributed by atoms with van der Waals surface area (Å²) in [7, 11) is 0. The lowest BCUT2D eigenvalue weighted by molar-refractivity contribution is 0.225. The highest BCUT2D eigenvalue weighted by molar-refractivity contribution is 6.58. The number of aromatic nitrogens is 2. The summed E-state index contributed by atoms with van der Waals surface area (Å²) in [4.78, 5) is 5.39. The zero-order valence-corrected chi connectivity index (χ0v) is 7.54. The van der Waals surface area contributed by atoms with Crippen LogP contribution >= 0.6 is 0 Å². The number of fused-ring (bicyclic) bond motifs is 1. The average molecular weight is 204 g/mol. The summed E-state index contributed by atoms with van der Waals surface area (Å²) in [6.07, 6.45) is 2.63. The summed E-state index contributed by atoms with van der Waals surface area (Å²) in [6.45, 7) is -3.37. The molecule has 0 aliphatic carbocycles. The lowest BCUT2D eigenvalue weighted by Gasteiger charge is -2.31. The fourth-order valence-electron chi connectivity index (χ4n) is 1.67. The summed E-state index contributed by atoms with van der Waals surface area (Å²) < 4.78 is 38.3. The van der Waals surface area contributed by atoms with Gasteiger partial charge in [-0.25, -0.2) is 4.98 Å². The van der Waals surface area contributed by atoms with E-state index in [0.29, 0.717) is 19.6 Å². The summed E-state index contributed by atoms with van der Waals surface area (Å²) in [5.74, 6) is 0.719. The smallest absolute Gasteiger partial charge is 0.448 e. The normalized spacial score (nSPS) is 18.2. The second kappa shape index (κ2) is 3.31. The first kappa shape index (κ1) is 9.58. The molecule has 78 valence electrons. The van der Waals surface area contributed by atoms with Crippen molar-refractivity contribution in [1.29, 1.82) is 0 Å². The van der Waals surface area contributed by atoms with E-state index < -0.39 is 13.4 Å². The van der Waals surface area contributed by atoms with Gasteiger partial charge >= 0.3 is 6.98 Å². The molecule has 0 spiro atoms. The Morgan fingerprint density at radius 1 is 1.36 bits per heavy atom. The van der Waals surface area contributed by atoms with Crippen molar-refractivity contribution >= 4 is 6.98 Å². The van der Waals surface area contributed by atoms with Crippen molar-refractivity contribution in [3.63, 3.8) is 0 Å². The van der Waals surface area contributed by atoms with Gasteiger partial charge < -0.3 is 22.4 Å². The molecule has 1 aromatic rings. The minimum atomic E-state index is -4.72. The zero-order chi connectivity index (χ0) is 10.2. The SMILES string of the molecule is F[B-](F)(F)CN1CCn2ccnc2C1.